The Morgan fingerprint density at radius 2 is 2.21 bits per heavy atom. The van der Waals surface area contributed by atoms with Gasteiger partial charge in [0.15, 0.2) is 0 Å². The molecule has 0 spiro atoms. The van der Waals surface area contributed by atoms with Crippen molar-refractivity contribution in [1.29, 1.82) is 0 Å². The zero-order chi connectivity index (χ0) is 10.8. The largest absolute Gasteiger partial charge is 0.337 e. The lowest BCUT2D eigenvalue weighted by molar-refractivity contribution is -0.130. The Morgan fingerprint density at radius 3 is 2.64 bits per heavy atom. The number of carbonyl (C=O) groups is 1. The van der Waals surface area contributed by atoms with E-state index >= 15 is 0 Å². The van der Waals surface area contributed by atoms with Gasteiger partial charge in [0.2, 0.25) is 5.91 Å². The van der Waals surface area contributed by atoms with Gasteiger partial charge in [0.25, 0.3) is 0 Å². The normalized spacial score (nSPS) is 25.9. The maximum absolute atomic E-state index is 11.7. The van der Waals surface area contributed by atoms with E-state index in [1.165, 1.54) is 0 Å². The molecule has 14 heavy (non-hydrogen) atoms. The molecule has 1 fully saturated rings. The molecule has 3 nitrogen and oxygen atoms in total. The number of likely N-dealkylation sites (tertiary alicyclic amines) is 1. The Kier molecular flexibility index (Phi) is 3.53. The van der Waals surface area contributed by atoms with Gasteiger partial charge >= 0.3 is 0 Å². The van der Waals surface area contributed by atoms with Gasteiger partial charge in [-0.3, -0.25) is 4.79 Å². The Bertz CT molecular complexity index is 213. The highest BCUT2D eigenvalue weighted by Gasteiger charge is 2.44. The van der Waals surface area contributed by atoms with Gasteiger partial charge in [-0.15, -0.1) is 0 Å². The van der Waals surface area contributed by atoms with Crippen LogP contribution in [0.25, 0.3) is 0 Å². The monoisotopic (exact) mass is 198 g/mol. The molecule has 1 amide bonds. The van der Waals surface area contributed by atoms with Gasteiger partial charge in [-0.05, 0) is 26.8 Å². The fourth-order valence-corrected chi connectivity index (χ4v) is 2.21. The average molecular weight is 198 g/mol. The van der Waals surface area contributed by atoms with Crippen molar-refractivity contribution < 1.29 is 4.79 Å². The molecule has 0 aromatic heterocycles. The maximum atomic E-state index is 11.7. The van der Waals surface area contributed by atoms with Crippen LogP contribution < -0.4 is 5.73 Å². The van der Waals surface area contributed by atoms with Crippen LogP contribution in [0.15, 0.2) is 0 Å². The molecule has 0 radical (unpaired) electrons. The highest BCUT2D eigenvalue weighted by Crippen LogP contribution is 2.34. The lowest BCUT2D eigenvalue weighted by Gasteiger charge is -2.35. The Hall–Kier alpha value is -0.570. The average Bonchev–Trinajstić information content (AvgIpc) is 2.34. The molecule has 1 aliphatic heterocycles. The molecule has 0 aromatic rings. The quantitative estimate of drug-likeness (QED) is 0.741. The molecule has 1 aliphatic rings. The molecule has 0 bridgehead atoms. The van der Waals surface area contributed by atoms with Crippen molar-refractivity contribution in [2.45, 2.75) is 45.6 Å². The van der Waals surface area contributed by atoms with Crippen LogP contribution in [0.1, 0.15) is 40.0 Å². The third-order valence-electron chi connectivity index (χ3n) is 3.44. The first kappa shape index (κ1) is 11.5. The minimum Gasteiger partial charge on any atom is -0.337 e. The zero-order valence-electron chi connectivity index (χ0n) is 9.55. The Labute approximate surface area is 86.6 Å². The number of unbranched alkanes of at least 4 members (excludes halogenated alkanes) is 1. The molecule has 0 saturated carbocycles. The SMILES string of the molecule is CCCCN1C(=O)CC(CN)C1(C)C. The molecule has 1 unspecified atom stereocenters. The summed E-state index contributed by atoms with van der Waals surface area (Å²) in [4.78, 5) is 13.7. The number of nitrogens with zero attached hydrogens (tertiary/aromatic N) is 1. The van der Waals surface area contributed by atoms with Crippen molar-refractivity contribution >= 4 is 5.91 Å². The van der Waals surface area contributed by atoms with Crippen LogP contribution in [0.4, 0.5) is 0 Å². The summed E-state index contributed by atoms with van der Waals surface area (Å²) in [5, 5.41) is 0. The van der Waals surface area contributed by atoms with Gasteiger partial charge in [-0.1, -0.05) is 13.3 Å². The minimum atomic E-state index is -0.0407. The van der Waals surface area contributed by atoms with Crippen molar-refractivity contribution in [2.24, 2.45) is 11.7 Å². The van der Waals surface area contributed by atoms with E-state index < -0.39 is 0 Å². The second-order valence-corrected chi connectivity index (χ2v) is 4.69. The molecular weight excluding hydrogens is 176 g/mol. The molecule has 0 aliphatic carbocycles. The number of hydrogen-bond acceptors (Lipinski definition) is 2. The zero-order valence-corrected chi connectivity index (χ0v) is 9.55. The molecule has 3 heteroatoms. The molecule has 1 rings (SSSR count). The van der Waals surface area contributed by atoms with Crippen molar-refractivity contribution in [3.63, 3.8) is 0 Å². The van der Waals surface area contributed by atoms with Gasteiger partial charge in [0, 0.05) is 24.4 Å². The van der Waals surface area contributed by atoms with Crippen LogP contribution in [-0.2, 0) is 4.79 Å². The van der Waals surface area contributed by atoms with E-state index in [0.29, 0.717) is 18.9 Å². The van der Waals surface area contributed by atoms with Crippen molar-refractivity contribution in [2.75, 3.05) is 13.1 Å². The van der Waals surface area contributed by atoms with Gasteiger partial charge in [0.1, 0.15) is 0 Å². The van der Waals surface area contributed by atoms with E-state index in [1.807, 2.05) is 4.90 Å². The second kappa shape index (κ2) is 4.30. The van der Waals surface area contributed by atoms with E-state index in [9.17, 15) is 4.79 Å². The summed E-state index contributed by atoms with van der Waals surface area (Å²) < 4.78 is 0. The summed E-state index contributed by atoms with van der Waals surface area (Å²) in [6.07, 6.45) is 2.85. The van der Waals surface area contributed by atoms with Crippen LogP contribution in [0.2, 0.25) is 0 Å². The number of amides is 1. The van der Waals surface area contributed by atoms with Crippen LogP contribution in [0, 0.1) is 5.92 Å². The predicted octanol–water partition coefficient (Wildman–Crippen LogP) is 1.37. The van der Waals surface area contributed by atoms with E-state index in [2.05, 4.69) is 20.8 Å². The van der Waals surface area contributed by atoms with E-state index in [-0.39, 0.29) is 11.4 Å². The molecule has 82 valence electrons. The van der Waals surface area contributed by atoms with Gasteiger partial charge < -0.3 is 10.6 Å². The highest BCUT2D eigenvalue weighted by molar-refractivity contribution is 5.80. The summed E-state index contributed by atoms with van der Waals surface area (Å²) in [5.74, 6) is 0.603. The lowest BCUT2D eigenvalue weighted by atomic mass is 9.88. The van der Waals surface area contributed by atoms with E-state index in [1.54, 1.807) is 0 Å². The lowest BCUT2D eigenvalue weighted by Crippen LogP contribution is -2.46. The Morgan fingerprint density at radius 1 is 1.57 bits per heavy atom. The molecule has 1 saturated heterocycles. The van der Waals surface area contributed by atoms with Gasteiger partial charge in [-0.2, -0.15) is 0 Å². The van der Waals surface area contributed by atoms with Crippen molar-refractivity contribution in [1.82, 2.24) is 4.90 Å². The van der Waals surface area contributed by atoms with Gasteiger partial charge in [-0.25, -0.2) is 0 Å². The maximum Gasteiger partial charge on any atom is 0.223 e. The summed E-state index contributed by atoms with van der Waals surface area (Å²) in [6, 6.07) is 0. The van der Waals surface area contributed by atoms with Gasteiger partial charge in [0.05, 0.1) is 0 Å². The number of rotatable bonds is 4. The first-order valence-electron chi connectivity index (χ1n) is 5.54. The predicted molar refractivity (Wildman–Crippen MR) is 57.9 cm³/mol. The number of carbonyl (C=O) groups excluding carboxylic acids is 1. The van der Waals surface area contributed by atoms with E-state index in [0.717, 1.165) is 19.4 Å². The molecule has 1 atom stereocenters. The van der Waals surface area contributed by atoms with Crippen LogP contribution in [0.5, 0.6) is 0 Å². The van der Waals surface area contributed by atoms with Crippen LogP contribution in [0.3, 0.4) is 0 Å². The van der Waals surface area contributed by atoms with Crippen molar-refractivity contribution in [3.8, 4) is 0 Å². The molecule has 0 aromatic carbocycles. The summed E-state index contributed by atoms with van der Waals surface area (Å²) in [7, 11) is 0. The topological polar surface area (TPSA) is 46.3 Å². The first-order valence-corrected chi connectivity index (χ1v) is 5.54. The van der Waals surface area contributed by atoms with Crippen LogP contribution >= 0.6 is 0 Å². The molecule has 1 heterocycles. The Balaban J connectivity index is 2.68. The molecule has 2 N–H and O–H groups in total. The third kappa shape index (κ3) is 1.92. The first-order chi connectivity index (χ1) is 6.54. The van der Waals surface area contributed by atoms with Crippen molar-refractivity contribution in [3.05, 3.63) is 0 Å². The van der Waals surface area contributed by atoms with Crippen LogP contribution in [-0.4, -0.2) is 29.4 Å². The highest BCUT2D eigenvalue weighted by atomic mass is 16.2. The number of hydrogen-bond donors (Lipinski definition) is 1. The summed E-state index contributed by atoms with van der Waals surface area (Å²) in [5.41, 5.74) is 5.64. The fraction of sp³-hybridized carbons (Fsp3) is 0.909. The minimum absolute atomic E-state index is 0.0407. The standard InChI is InChI=1S/C11H22N2O/c1-4-5-6-13-10(14)7-9(8-12)11(13,2)3/h9H,4-8,12H2,1-3H3. The summed E-state index contributed by atoms with van der Waals surface area (Å²) in [6.45, 7) is 7.91. The fourth-order valence-electron chi connectivity index (χ4n) is 2.21. The smallest absolute Gasteiger partial charge is 0.223 e. The molecular formula is C11H22N2O. The number of nitrogens with two attached hydrogens (primary N) is 1. The van der Waals surface area contributed by atoms with E-state index in [4.69, 9.17) is 5.73 Å². The third-order valence-corrected chi connectivity index (χ3v) is 3.44. The second-order valence-electron chi connectivity index (χ2n) is 4.69. The summed E-state index contributed by atoms with van der Waals surface area (Å²) >= 11 is 0.